The second-order valence-corrected chi connectivity index (χ2v) is 6.69. The number of carbonyl (C=O) groups is 1. The molecule has 0 aliphatic heterocycles. The van der Waals surface area contributed by atoms with Gasteiger partial charge in [-0.1, -0.05) is 35.9 Å². The molecule has 0 fully saturated rings. The van der Waals surface area contributed by atoms with E-state index in [-0.39, 0.29) is 5.91 Å². The number of aryl methyl sites for hydroxylation is 1. The van der Waals surface area contributed by atoms with Crippen LogP contribution in [0.25, 0.3) is 6.08 Å². The summed E-state index contributed by atoms with van der Waals surface area (Å²) < 4.78 is 5.92. The van der Waals surface area contributed by atoms with E-state index in [0.29, 0.717) is 6.54 Å². The molecule has 4 heteroatoms. The van der Waals surface area contributed by atoms with Gasteiger partial charge in [0.1, 0.15) is 11.5 Å². The van der Waals surface area contributed by atoms with Crippen molar-refractivity contribution < 1.29 is 9.53 Å². The zero-order chi connectivity index (χ0) is 19.8. The maximum absolute atomic E-state index is 12.3. The minimum absolute atomic E-state index is 0.0316. The molecule has 4 nitrogen and oxygen atoms in total. The Labute approximate surface area is 166 Å². The smallest absolute Gasteiger partial charge is 0.246 e. The summed E-state index contributed by atoms with van der Waals surface area (Å²) >= 11 is 0. The molecule has 0 radical (unpaired) electrons. The van der Waals surface area contributed by atoms with Gasteiger partial charge in [-0.15, -0.1) is 0 Å². The standard InChI is InChI=1S/C24H24N2O2/c1-19-8-11-22(12-9-19)28-23-7-3-5-20(17-23)14-16-26(2)24(27)13-10-21-6-4-15-25-18-21/h3-13,15,17-18H,14,16H2,1-2H3/b13-10+. The highest BCUT2D eigenvalue weighted by molar-refractivity contribution is 5.91. The fourth-order valence-electron chi connectivity index (χ4n) is 2.68. The number of hydrogen-bond donors (Lipinski definition) is 0. The number of hydrogen-bond acceptors (Lipinski definition) is 3. The van der Waals surface area contributed by atoms with Crippen LogP contribution >= 0.6 is 0 Å². The Morgan fingerprint density at radius 2 is 1.89 bits per heavy atom. The Morgan fingerprint density at radius 3 is 2.64 bits per heavy atom. The van der Waals surface area contributed by atoms with Crippen molar-refractivity contribution in [2.45, 2.75) is 13.3 Å². The van der Waals surface area contributed by atoms with Crippen molar-refractivity contribution in [1.82, 2.24) is 9.88 Å². The van der Waals surface area contributed by atoms with Gasteiger partial charge in [-0.25, -0.2) is 0 Å². The molecule has 0 unspecified atom stereocenters. The lowest BCUT2D eigenvalue weighted by atomic mass is 10.1. The van der Waals surface area contributed by atoms with E-state index < -0.39 is 0 Å². The largest absolute Gasteiger partial charge is 0.457 e. The summed E-state index contributed by atoms with van der Waals surface area (Å²) in [6.45, 7) is 2.68. The van der Waals surface area contributed by atoms with E-state index >= 15 is 0 Å². The average molecular weight is 372 g/mol. The van der Waals surface area contributed by atoms with Crippen LogP contribution in [0.2, 0.25) is 0 Å². The highest BCUT2D eigenvalue weighted by Gasteiger charge is 2.06. The summed E-state index contributed by atoms with van der Waals surface area (Å²) in [6.07, 6.45) is 7.55. The van der Waals surface area contributed by atoms with E-state index in [2.05, 4.69) is 4.98 Å². The van der Waals surface area contributed by atoms with E-state index in [0.717, 1.165) is 29.0 Å². The molecule has 0 bridgehead atoms. The maximum atomic E-state index is 12.3. The molecule has 0 spiro atoms. The Bertz CT molecular complexity index is 934. The summed E-state index contributed by atoms with van der Waals surface area (Å²) in [4.78, 5) is 18.0. The summed E-state index contributed by atoms with van der Waals surface area (Å²) in [7, 11) is 1.81. The van der Waals surface area contributed by atoms with Gasteiger partial charge in [0.15, 0.2) is 0 Å². The Kier molecular flexibility index (Phi) is 6.58. The topological polar surface area (TPSA) is 42.4 Å². The van der Waals surface area contributed by atoms with Crippen LogP contribution in [0.15, 0.2) is 79.1 Å². The molecule has 0 atom stereocenters. The Morgan fingerprint density at radius 1 is 1.07 bits per heavy atom. The molecule has 1 amide bonds. The van der Waals surface area contributed by atoms with Crippen LogP contribution in [0, 0.1) is 6.92 Å². The number of pyridine rings is 1. The van der Waals surface area contributed by atoms with Gasteiger partial charge < -0.3 is 9.64 Å². The van der Waals surface area contributed by atoms with Gasteiger partial charge in [0, 0.05) is 32.1 Å². The molecule has 0 aliphatic carbocycles. The second-order valence-electron chi connectivity index (χ2n) is 6.69. The third kappa shape index (κ3) is 5.81. The minimum Gasteiger partial charge on any atom is -0.457 e. The lowest BCUT2D eigenvalue weighted by Gasteiger charge is -2.15. The van der Waals surface area contributed by atoms with Crippen molar-refractivity contribution in [3.8, 4) is 11.5 Å². The molecule has 0 saturated carbocycles. The summed E-state index contributed by atoms with van der Waals surface area (Å²) in [5.41, 5.74) is 3.23. The summed E-state index contributed by atoms with van der Waals surface area (Å²) in [5.74, 6) is 1.58. The number of amides is 1. The van der Waals surface area contributed by atoms with Crippen molar-refractivity contribution in [2.75, 3.05) is 13.6 Å². The first-order valence-corrected chi connectivity index (χ1v) is 9.27. The third-order valence-corrected chi connectivity index (χ3v) is 4.37. The number of aromatic nitrogens is 1. The minimum atomic E-state index is -0.0316. The molecule has 3 rings (SSSR count). The second kappa shape index (κ2) is 9.51. The molecule has 1 heterocycles. The maximum Gasteiger partial charge on any atom is 0.246 e. The summed E-state index contributed by atoms with van der Waals surface area (Å²) in [6, 6.07) is 19.7. The predicted octanol–water partition coefficient (Wildman–Crippen LogP) is 4.90. The summed E-state index contributed by atoms with van der Waals surface area (Å²) in [5, 5.41) is 0. The van der Waals surface area contributed by atoms with Crippen LogP contribution in [-0.4, -0.2) is 29.4 Å². The van der Waals surface area contributed by atoms with Crippen LogP contribution in [0.4, 0.5) is 0 Å². The molecule has 28 heavy (non-hydrogen) atoms. The monoisotopic (exact) mass is 372 g/mol. The van der Waals surface area contributed by atoms with E-state index in [4.69, 9.17) is 4.74 Å². The van der Waals surface area contributed by atoms with Gasteiger partial charge >= 0.3 is 0 Å². The van der Waals surface area contributed by atoms with Gasteiger partial charge in [0.25, 0.3) is 0 Å². The predicted molar refractivity (Wildman–Crippen MR) is 112 cm³/mol. The SMILES string of the molecule is Cc1ccc(Oc2cccc(CCN(C)C(=O)/C=C/c3cccnc3)c2)cc1. The third-order valence-electron chi connectivity index (χ3n) is 4.37. The van der Waals surface area contributed by atoms with Crippen molar-refractivity contribution in [3.05, 3.63) is 95.8 Å². The van der Waals surface area contributed by atoms with Gasteiger partial charge in [0.05, 0.1) is 0 Å². The fraction of sp³-hybridized carbons (Fsp3) is 0.167. The first-order chi connectivity index (χ1) is 13.6. The lowest BCUT2D eigenvalue weighted by Crippen LogP contribution is -2.27. The highest BCUT2D eigenvalue weighted by Crippen LogP contribution is 2.22. The number of ether oxygens (including phenoxy) is 1. The van der Waals surface area contributed by atoms with E-state index in [1.807, 2.05) is 74.6 Å². The highest BCUT2D eigenvalue weighted by atomic mass is 16.5. The van der Waals surface area contributed by atoms with Crippen LogP contribution in [0.3, 0.4) is 0 Å². The molecule has 2 aromatic carbocycles. The number of nitrogens with zero attached hydrogens (tertiary/aromatic N) is 2. The quantitative estimate of drug-likeness (QED) is 0.554. The molecule has 142 valence electrons. The Balaban J connectivity index is 1.54. The molecule has 3 aromatic rings. The first-order valence-electron chi connectivity index (χ1n) is 9.27. The number of likely N-dealkylation sites (N-methyl/N-ethyl adjacent to an activating group) is 1. The zero-order valence-electron chi connectivity index (χ0n) is 16.2. The molecule has 0 saturated heterocycles. The number of rotatable bonds is 7. The van der Waals surface area contributed by atoms with Crippen molar-refractivity contribution >= 4 is 12.0 Å². The van der Waals surface area contributed by atoms with E-state index in [1.54, 1.807) is 29.4 Å². The molecule has 0 N–H and O–H groups in total. The normalized spacial score (nSPS) is 10.8. The van der Waals surface area contributed by atoms with E-state index in [9.17, 15) is 4.79 Å². The first kappa shape index (κ1) is 19.4. The molecular weight excluding hydrogens is 348 g/mol. The van der Waals surface area contributed by atoms with Crippen LogP contribution in [0.5, 0.6) is 11.5 Å². The number of benzene rings is 2. The van der Waals surface area contributed by atoms with Gasteiger partial charge in [-0.05, 0) is 60.9 Å². The zero-order valence-corrected chi connectivity index (χ0v) is 16.2. The molecule has 0 aliphatic rings. The van der Waals surface area contributed by atoms with Gasteiger partial charge in [-0.3, -0.25) is 9.78 Å². The molecule has 1 aromatic heterocycles. The van der Waals surface area contributed by atoms with Gasteiger partial charge in [-0.2, -0.15) is 0 Å². The van der Waals surface area contributed by atoms with E-state index in [1.165, 1.54) is 5.56 Å². The van der Waals surface area contributed by atoms with Crippen molar-refractivity contribution in [3.63, 3.8) is 0 Å². The van der Waals surface area contributed by atoms with Crippen molar-refractivity contribution in [1.29, 1.82) is 0 Å². The van der Waals surface area contributed by atoms with Crippen LogP contribution in [0.1, 0.15) is 16.7 Å². The Hall–Kier alpha value is -3.40. The number of carbonyl (C=O) groups excluding carboxylic acids is 1. The molecular formula is C24H24N2O2. The fourth-order valence-corrected chi connectivity index (χ4v) is 2.68. The van der Waals surface area contributed by atoms with Gasteiger partial charge in [0.2, 0.25) is 5.91 Å². The van der Waals surface area contributed by atoms with Crippen LogP contribution < -0.4 is 4.74 Å². The average Bonchev–Trinajstić information content (AvgIpc) is 2.73. The van der Waals surface area contributed by atoms with Crippen LogP contribution in [-0.2, 0) is 11.2 Å². The van der Waals surface area contributed by atoms with Crippen molar-refractivity contribution in [2.24, 2.45) is 0 Å². The lowest BCUT2D eigenvalue weighted by molar-refractivity contribution is -0.124.